The van der Waals surface area contributed by atoms with Gasteiger partial charge >= 0.3 is 5.97 Å². The fraction of sp³-hybridized carbons (Fsp3) is 0.333. The van der Waals surface area contributed by atoms with E-state index in [1.165, 1.54) is 6.20 Å². The number of carbonyl (C=O) groups is 1. The monoisotopic (exact) mass is 288 g/mol. The van der Waals surface area contributed by atoms with Gasteiger partial charge in [-0.05, 0) is 6.07 Å². The number of aliphatic hydroxyl groups is 1. The van der Waals surface area contributed by atoms with Crippen molar-refractivity contribution in [2.45, 2.75) is 6.10 Å². The maximum atomic E-state index is 11.5. The lowest BCUT2D eigenvalue weighted by Crippen LogP contribution is -2.44. The second kappa shape index (κ2) is 5.67. The number of nitrogens with zero attached hydrogens (tertiary/aromatic N) is 2. The van der Waals surface area contributed by atoms with Crippen LogP contribution in [0.1, 0.15) is 10.4 Å². The van der Waals surface area contributed by atoms with E-state index in [2.05, 4.69) is 4.98 Å². The van der Waals surface area contributed by atoms with Gasteiger partial charge in [0.05, 0.1) is 30.5 Å². The first-order valence-electron chi connectivity index (χ1n) is 6.79. The van der Waals surface area contributed by atoms with Gasteiger partial charge in [-0.3, -0.25) is 4.98 Å². The molecule has 2 heterocycles. The van der Waals surface area contributed by atoms with Gasteiger partial charge in [0.15, 0.2) is 0 Å². The number of ether oxygens (including phenoxy) is 1. The van der Waals surface area contributed by atoms with Crippen LogP contribution in [-0.2, 0) is 4.74 Å². The highest BCUT2D eigenvalue weighted by atomic mass is 16.5. The van der Waals surface area contributed by atoms with Gasteiger partial charge in [0, 0.05) is 24.7 Å². The third-order valence-electron chi connectivity index (χ3n) is 3.64. The van der Waals surface area contributed by atoms with Crippen LogP contribution in [0.3, 0.4) is 0 Å². The van der Waals surface area contributed by atoms with Crippen molar-refractivity contribution in [3.63, 3.8) is 0 Å². The van der Waals surface area contributed by atoms with Crippen LogP contribution in [-0.4, -0.2) is 53.6 Å². The lowest BCUT2D eigenvalue weighted by Gasteiger charge is -2.35. The van der Waals surface area contributed by atoms with E-state index in [1.54, 1.807) is 0 Å². The lowest BCUT2D eigenvalue weighted by atomic mass is 10.1. The molecule has 6 nitrogen and oxygen atoms in total. The van der Waals surface area contributed by atoms with Crippen LogP contribution < -0.4 is 4.90 Å². The molecule has 1 aromatic carbocycles. The van der Waals surface area contributed by atoms with Crippen molar-refractivity contribution in [2.24, 2.45) is 0 Å². The molecule has 0 bridgehead atoms. The van der Waals surface area contributed by atoms with Gasteiger partial charge < -0.3 is 19.8 Å². The number of benzene rings is 1. The van der Waals surface area contributed by atoms with Gasteiger partial charge in [0.2, 0.25) is 0 Å². The molecular formula is C15H16N2O4. The molecule has 1 aliphatic heterocycles. The molecule has 0 amide bonds. The highest BCUT2D eigenvalue weighted by molar-refractivity contribution is 6.04. The van der Waals surface area contributed by atoms with Gasteiger partial charge in [0.1, 0.15) is 5.56 Å². The van der Waals surface area contributed by atoms with Crippen molar-refractivity contribution in [3.8, 4) is 0 Å². The summed E-state index contributed by atoms with van der Waals surface area (Å²) in [4.78, 5) is 17.7. The fourth-order valence-electron chi connectivity index (χ4n) is 2.66. The number of para-hydroxylation sites is 1. The second-order valence-corrected chi connectivity index (χ2v) is 4.96. The molecule has 1 aliphatic rings. The third kappa shape index (κ3) is 2.55. The molecule has 110 valence electrons. The summed E-state index contributed by atoms with van der Waals surface area (Å²) in [5.41, 5.74) is 1.58. The highest BCUT2D eigenvalue weighted by Gasteiger charge is 2.25. The van der Waals surface area contributed by atoms with Gasteiger partial charge in [-0.25, -0.2) is 4.79 Å². The summed E-state index contributed by atoms with van der Waals surface area (Å²) in [6.45, 7) is 1.43. The Balaban J connectivity index is 2.14. The van der Waals surface area contributed by atoms with Crippen LogP contribution in [0.2, 0.25) is 0 Å². The van der Waals surface area contributed by atoms with E-state index in [0.717, 1.165) is 10.9 Å². The number of morpholine rings is 1. The van der Waals surface area contributed by atoms with Crippen molar-refractivity contribution in [1.29, 1.82) is 0 Å². The van der Waals surface area contributed by atoms with Crippen molar-refractivity contribution < 1.29 is 19.7 Å². The highest BCUT2D eigenvalue weighted by Crippen LogP contribution is 2.30. The minimum atomic E-state index is -1.00. The van der Waals surface area contributed by atoms with E-state index in [4.69, 9.17) is 4.74 Å². The molecule has 0 aliphatic carbocycles. The molecule has 1 atom stereocenters. The SMILES string of the molecule is O=C(O)c1cnc2ccccc2c1N1CCOC(CO)C1. The molecule has 0 saturated carbocycles. The Morgan fingerprint density at radius 2 is 2.24 bits per heavy atom. The molecule has 2 aromatic rings. The standard InChI is InChI=1S/C15H16N2O4/c18-9-10-8-17(5-6-21-10)14-11-3-1-2-4-13(11)16-7-12(14)15(19)20/h1-4,7,10,18H,5-6,8-9H2,(H,19,20). The van der Waals surface area contributed by atoms with Crippen LogP contribution >= 0.6 is 0 Å². The largest absolute Gasteiger partial charge is 0.478 e. The van der Waals surface area contributed by atoms with Gasteiger partial charge in [-0.15, -0.1) is 0 Å². The molecule has 21 heavy (non-hydrogen) atoms. The number of fused-ring (bicyclic) bond motifs is 1. The number of aliphatic hydroxyl groups excluding tert-OH is 1. The Bertz CT molecular complexity index is 674. The van der Waals surface area contributed by atoms with Crippen LogP contribution in [0.5, 0.6) is 0 Å². The summed E-state index contributed by atoms with van der Waals surface area (Å²) in [5.74, 6) is -1.00. The second-order valence-electron chi connectivity index (χ2n) is 4.96. The number of hydrogen-bond donors (Lipinski definition) is 2. The minimum absolute atomic E-state index is 0.0814. The summed E-state index contributed by atoms with van der Waals surface area (Å²) >= 11 is 0. The molecule has 0 spiro atoms. The Morgan fingerprint density at radius 3 is 3.00 bits per heavy atom. The summed E-state index contributed by atoms with van der Waals surface area (Å²) in [6.07, 6.45) is 1.09. The van der Waals surface area contributed by atoms with E-state index >= 15 is 0 Å². The van der Waals surface area contributed by atoms with Crippen LogP contribution in [0, 0.1) is 0 Å². The summed E-state index contributed by atoms with van der Waals surface area (Å²) in [7, 11) is 0. The molecular weight excluding hydrogens is 272 g/mol. The smallest absolute Gasteiger partial charge is 0.339 e. The van der Waals surface area contributed by atoms with Gasteiger partial charge in [0.25, 0.3) is 0 Å². The number of hydrogen-bond acceptors (Lipinski definition) is 5. The van der Waals surface area contributed by atoms with Crippen molar-refractivity contribution in [1.82, 2.24) is 4.98 Å². The fourth-order valence-corrected chi connectivity index (χ4v) is 2.66. The number of carboxylic acid groups (broad SMARTS) is 1. The molecule has 0 radical (unpaired) electrons. The van der Waals surface area contributed by atoms with Gasteiger partial charge in [-0.1, -0.05) is 18.2 Å². The number of anilines is 1. The quantitative estimate of drug-likeness (QED) is 0.881. The van der Waals surface area contributed by atoms with Gasteiger partial charge in [-0.2, -0.15) is 0 Å². The first-order chi connectivity index (χ1) is 10.2. The molecule has 1 unspecified atom stereocenters. The predicted molar refractivity (Wildman–Crippen MR) is 77.7 cm³/mol. The number of aromatic carboxylic acids is 1. The molecule has 2 N–H and O–H groups in total. The molecule has 6 heteroatoms. The predicted octanol–water partition coefficient (Wildman–Crippen LogP) is 1.13. The Morgan fingerprint density at radius 1 is 1.43 bits per heavy atom. The van der Waals surface area contributed by atoms with Crippen molar-refractivity contribution >= 4 is 22.6 Å². The average Bonchev–Trinajstić information content (AvgIpc) is 2.53. The zero-order chi connectivity index (χ0) is 14.8. The minimum Gasteiger partial charge on any atom is -0.478 e. The molecule has 3 rings (SSSR count). The number of rotatable bonds is 3. The molecule has 1 fully saturated rings. The number of aromatic nitrogens is 1. The summed E-state index contributed by atoms with van der Waals surface area (Å²) in [6, 6.07) is 7.46. The number of pyridine rings is 1. The van der Waals surface area contributed by atoms with Crippen LogP contribution in [0.25, 0.3) is 10.9 Å². The summed E-state index contributed by atoms with van der Waals surface area (Å²) < 4.78 is 5.44. The van der Waals surface area contributed by atoms with Crippen molar-refractivity contribution in [2.75, 3.05) is 31.2 Å². The van der Waals surface area contributed by atoms with E-state index in [9.17, 15) is 15.0 Å². The van der Waals surface area contributed by atoms with E-state index in [1.807, 2.05) is 29.2 Å². The summed E-state index contributed by atoms with van der Waals surface area (Å²) in [5, 5.41) is 19.5. The third-order valence-corrected chi connectivity index (χ3v) is 3.64. The normalized spacial score (nSPS) is 18.9. The topological polar surface area (TPSA) is 82.9 Å². The van der Waals surface area contributed by atoms with E-state index in [0.29, 0.717) is 25.4 Å². The molecule has 1 aromatic heterocycles. The zero-order valence-electron chi connectivity index (χ0n) is 11.4. The Kier molecular flexibility index (Phi) is 3.72. The maximum absolute atomic E-state index is 11.5. The van der Waals surface area contributed by atoms with E-state index < -0.39 is 5.97 Å². The van der Waals surface area contributed by atoms with Crippen LogP contribution in [0.15, 0.2) is 30.5 Å². The lowest BCUT2D eigenvalue weighted by molar-refractivity contribution is 0.00356. The zero-order valence-corrected chi connectivity index (χ0v) is 11.4. The Hall–Kier alpha value is -2.18. The Labute approximate surface area is 121 Å². The number of carboxylic acids is 1. The molecule has 1 saturated heterocycles. The van der Waals surface area contributed by atoms with Crippen LogP contribution in [0.4, 0.5) is 5.69 Å². The maximum Gasteiger partial charge on any atom is 0.339 e. The first kappa shape index (κ1) is 13.8. The van der Waals surface area contributed by atoms with Crippen molar-refractivity contribution in [3.05, 3.63) is 36.0 Å². The average molecular weight is 288 g/mol. The van der Waals surface area contributed by atoms with E-state index in [-0.39, 0.29) is 18.3 Å². The first-order valence-corrected chi connectivity index (χ1v) is 6.79.